The molecule has 1 unspecified atom stereocenters. The Bertz CT molecular complexity index is 1090. The van der Waals surface area contributed by atoms with E-state index in [2.05, 4.69) is 0 Å². The average Bonchev–Trinajstić information content (AvgIpc) is 2.94. The first-order valence-electron chi connectivity index (χ1n) is 11.2. The molecule has 0 radical (unpaired) electrons. The van der Waals surface area contributed by atoms with E-state index in [1.165, 1.54) is 24.3 Å². The summed E-state index contributed by atoms with van der Waals surface area (Å²) in [6, 6.07) is 5.51. The first-order valence-corrected chi connectivity index (χ1v) is 5.67. The van der Waals surface area contributed by atoms with Crippen molar-refractivity contribution in [2.75, 3.05) is 0 Å². The largest absolute Gasteiger partial charge is 0.259 e. The van der Waals surface area contributed by atoms with Crippen LogP contribution in [0.4, 0.5) is 0 Å². The van der Waals surface area contributed by atoms with Crippen LogP contribution in [0.5, 0.6) is 0 Å². The Morgan fingerprint density at radius 1 is 1.26 bits per heavy atom. The van der Waals surface area contributed by atoms with Gasteiger partial charge in [-0.25, -0.2) is 0 Å². The lowest BCUT2D eigenvalue weighted by atomic mass is 9.75. The van der Waals surface area contributed by atoms with Gasteiger partial charge in [-0.2, -0.15) is 0 Å². The zero-order valence-corrected chi connectivity index (χ0v) is 9.57. The summed E-state index contributed by atoms with van der Waals surface area (Å²) in [6.07, 6.45) is -17.2. The maximum Gasteiger partial charge on any atom is 0.254 e. The first-order chi connectivity index (χ1) is 13.4. The van der Waals surface area contributed by atoms with Crippen LogP contribution in [-0.2, 0) is 0 Å². The molecule has 0 heterocycles. The number of nitro groups is 1. The van der Waals surface area contributed by atoms with Gasteiger partial charge < -0.3 is 0 Å². The van der Waals surface area contributed by atoms with Crippen LogP contribution in [0.2, 0.25) is 0 Å². The van der Waals surface area contributed by atoms with E-state index in [1.807, 2.05) is 0 Å². The van der Waals surface area contributed by atoms with E-state index in [0.29, 0.717) is 0 Å². The molecule has 96 valence electrons. The molecule has 3 nitrogen and oxygen atoms in total. The van der Waals surface area contributed by atoms with Gasteiger partial charge in [0.1, 0.15) is 0 Å². The van der Waals surface area contributed by atoms with Gasteiger partial charge in [0.25, 0.3) is 5.70 Å². The number of benzene rings is 1. The van der Waals surface area contributed by atoms with Crippen LogP contribution in [0.3, 0.4) is 0 Å². The molecule has 0 spiro atoms. The number of fused-ring (bicyclic) bond motifs is 3. The van der Waals surface area contributed by atoms with Crippen LogP contribution in [0, 0.1) is 16.0 Å². The molecule has 1 atom stereocenters. The van der Waals surface area contributed by atoms with Crippen LogP contribution < -0.4 is 0 Å². The molecule has 3 aliphatic carbocycles. The Kier molecular flexibility index (Phi) is 0.915. The number of nitrogens with zero attached hydrogens (tertiary/aromatic N) is 1. The van der Waals surface area contributed by atoms with E-state index in [9.17, 15) is 10.1 Å². The van der Waals surface area contributed by atoms with Crippen LogP contribution in [0.25, 0.3) is 11.1 Å². The van der Waals surface area contributed by atoms with Crippen molar-refractivity contribution in [3.8, 4) is 0 Å². The van der Waals surface area contributed by atoms with E-state index in [4.69, 9.17) is 15.1 Å². The predicted octanol–water partition coefficient (Wildman–Crippen LogP) is 4.04. The Morgan fingerprint density at radius 3 is 2.84 bits per heavy atom. The fraction of sp³-hybridized carbons (Fsp3) is 0.375. The smallest absolute Gasteiger partial charge is 0.254 e. The Balaban J connectivity index is 2.37. The van der Waals surface area contributed by atoms with Crippen molar-refractivity contribution < 1.29 is 20.0 Å². The topological polar surface area (TPSA) is 43.1 Å². The molecule has 0 bridgehead atoms. The predicted molar refractivity (Wildman–Crippen MR) is 73.9 cm³/mol. The lowest BCUT2D eigenvalue weighted by molar-refractivity contribution is -0.427. The summed E-state index contributed by atoms with van der Waals surface area (Å²) in [5, 5.41) is 11.9. The second-order valence-electron chi connectivity index (χ2n) is 4.28. The van der Waals surface area contributed by atoms with E-state index in [-0.39, 0.29) is 11.1 Å². The van der Waals surface area contributed by atoms with Gasteiger partial charge in [0.15, 0.2) is 0 Å². The minimum Gasteiger partial charge on any atom is -0.259 e. The van der Waals surface area contributed by atoms with Crippen molar-refractivity contribution >= 4 is 11.1 Å². The lowest BCUT2D eigenvalue weighted by Crippen LogP contribution is -2.18. The van der Waals surface area contributed by atoms with Gasteiger partial charge in [-0.05, 0) is 53.7 Å². The fourth-order valence-corrected chi connectivity index (χ4v) is 2.57. The third kappa shape index (κ3) is 1.38. The summed E-state index contributed by atoms with van der Waals surface area (Å²) >= 11 is 0. The minimum atomic E-state index is -3.61. The quantitative estimate of drug-likeness (QED) is 0.567. The molecule has 3 aliphatic rings. The number of rotatable bonds is 1. The molecule has 0 saturated carbocycles. The van der Waals surface area contributed by atoms with E-state index >= 15 is 0 Å². The van der Waals surface area contributed by atoms with Crippen molar-refractivity contribution in [2.24, 2.45) is 5.89 Å². The van der Waals surface area contributed by atoms with Crippen molar-refractivity contribution in [2.45, 2.75) is 31.9 Å². The molecule has 1 aromatic rings. The second-order valence-corrected chi connectivity index (χ2v) is 4.28. The number of hydrogen-bond acceptors (Lipinski definition) is 2. The van der Waals surface area contributed by atoms with Gasteiger partial charge in [-0.1, -0.05) is 24.3 Å². The van der Waals surface area contributed by atoms with Crippen molar-refractivity contribution in [3.63, 3.8) is 0 Å². The summed E-state index contributed by atoms with van der Waals surface area (Å²) in [6.45, 7) is 0. The highest BCUT2D eigenvalue weighted by molar-refractivity contribution is 6.01. The van der Waals surface area contributed by atoms with Crippen LogP contribution in [0.15, 0.2) is 35.5 Å². The molecule has 4 rings (SSSR count). The molecular formula is C16H15NO2. The summed E-state index contributed by atoms with van der Waals surface area (Å²) in [7, 11) is 0. The molecule has 0 saturated heterocycles. The molecule has 3 heteroatoms. The highest BCUT2D eigenvalue weighted by Crippen LogP contribution is 2.55. The van der Waals surface area contributed by atoms with E-state index in [1.54, 1.807) is 0 Å². The zero-order valence-electron chi connectivity index (χ0n) is 20.6. The Hall–Kier alpha value is -1.90. The molecule has 0 amide bonds. The minimum absolute atomic E-state index is 0.0450. The second kappa shape index (κ2) is 3.80. The molecule has 0 fully saturated rings. The maximum atomic E-state index is 11.9. The molecule has 0 N–H and O–H groups in total. The van der Waals surface area contributed by atoms with Gasteiger partial charge in [0.2, 0.25) is 0 Å². The normalized spacial score (nSPS) is 50.0. The number of hydrogen-bond donors (Lipinski definition) is 0. The zero-order chi connectivity index (χ0) is 22.9. The van der Waals surface area contributed by atoms with Crippen molar-refractivity contribution in [1.82, 2.24) is 0 Å². The SMILES string of the molecule is [2H]C1([2H])C2=C3C(=C([N+](=O)[O-])C([2H])([2H])C([2H])([2H])C3([2H])C([2H])([2H])C1([2H])[2H])c1ccccc12. The summed E-state index contributed by atoms with van der Waals surface area (Å²) < 4.78 is 92.0. The lowest BCUT2D eigenvalue weighted by Gasteiger charge is -2.28. The fourth-order valence-electron chi connectivity index (χ4n) is 2.57. The summed E-state index contributed by atoms with van der Waals surface area (Å²) in [5.41, 5.74) is -3.15. The summed E-state index contributed by atoms with van der Waals surface area (Å²) in [5.74, 6) is -3.32. The number of allylic oxidation sites excluding steroid dienone is 4. The highest BCUT2D eigenvalue weighted by atomic mass is 16.6. The van der Waals surface area contributed by atoms with Gasteiger partial charge in [-0.15, -0.1) is 0 Å². The van der Waals surface area contributed by atoms with Crippen molar-refractivity contribution in [3.05, 3.63) is 56.8 Å². The maximum absolute atomic E-state index is 11.9. The standard InChI is InChI=1S/C16H15NO2/c18-17(19)14-9-8-10-4-3-7-12-11-5-1-2-6-13(11)16(14)15(10)12/h1-2,5-6,10H,3-4,7-9H2/i3D2,4D2,7D2,8D2,9D2,10D. The van der Waals surface area contributed by atoms with E-state index < -0.39 is 65.1 Å². The van der Waals surface area contributed by atoms with Gasteiger partial charge in [-0.3, -0.25) is 10.1 Å². The Labute approximate surface area is 127 Å². The Morgan fingerprint density at radius 2 is 2.05 bits per heavy atom. The van der Waals surface area contributed by atoms with Crippen molar-refractivity contribution in [1.29, 1.82) is 0 Å². The third-order valence-corrected chi connectivity index (χ3v) is 3.32. The third-order valence-electron chi connectivity index (χ3n) is 3.32. The van der Waals surface area contributed by atoms with Crippen LogP contribution in [-0.4, -0.2) is 4.92 Å². The molecule has 19 heavy (non-hydrogen) atoms. The van der Waals surface area contributed by atoms with E-state index in [0.717, 1.165) is 0 Å². The van der Waals surface area contributed by atoms with Crippen LogP contribution >= 0.6 is 0 Å². The van der Waals surface area contributed by atoms with Gasteiger partial charge >= 0.3 is 0 Å². The first kappa shape index (κ1) is 4.58. The van der Waals surface area contributed by atoms with Gasteiger partial charge in [0.05, 0.1) is 10.5 Å². The van der Waals surface area contributed by atoms with Gasteiger partial charge in [0, 0.05) is 21.5 Å². The molecule has 1 aromatic carbocycles. The monoisotopic (exact) mass is 264 g/mol. The summed E-state index contributed by atoms with van der Waals surface area (Å²) in [4.78, 5) is 10.7. The molecular weight excluding hydrogens is 238 g/mol. The average molecular weight is 264 g/mol. The molecule has 0 aliphatic heterocycles. The highest BCUT2D eigenvalue weighted by Gasteiger charge is 2.41. The van der Waals surface area contributed by atoms with Crippen LogP contribution in [0.1, 0.15) is 58.1 Å². The molecule has 0 aromatic heterocycles.